The number of nitrogens with zero attached hydrogens (tertiary/aromatic N) is 2. The molecule has 92 valence electrons. The van der Waals surface area contributed by atoms with Crippen LogP contribution in [0.3, 0.4) is 0 Å². The second-order valence-corrected chi connectivity index (χ2v) is 4.62. The molecule has 3 heteroatoms. The van der Waals surface area contributed by atoms with Gasteiger partial charge in [-0.1, -0.05) is 12.2 Å². The Hall–Kier alpha value is -1.35. The van der Waals surface area contributed by atoms with E-state index in [0.717, 1.165) is 37.6 Å². The maximum Gasteiger partial charge on any atom is 0.133 e. The monoisotopic (exact) mass is 231 g/mol. The molecule has 3 nitrogen and oxygen atoms in total. The van der Waals surface area contributed by atoms with Gasteiger partial charge in [-0.25, -0.2) is 4.98 Å². The Kier molecular flexibility index (Phi) is 3.79. The number of rotatable bonds is 3. The molecule has 1 aromatic heterocycles. The molecule has 17 heavy (non-hydrogen) atoms. The zero-order valence-corrected chi connectivity index (χ0v) is 11.0. The summed E-state index contributed by atoms with van der Waals surface area (Å²) in [4.78, 5) is 7.10. The fourth-order valence-electron chi connectivity index (χ4n) is 2.33. The molecule has 0 amide bonds. The van der Waals surface area contributed by atoms with Gasteiger partial charge >= 0.3 is 0 Å². The molecule has 0 aliphatic carbocycles. The fourth-order valence-corrected chi connectivity index (χ4v) is 2.33. The van der Waals surface area contributed by atoms with Crippen LogP contribution < -0.4 is 10.2 Å². The Bertz CT molecular complexity index is 424. The number of hydrogen-bond donors (Lipinski definition) is 1. The van der Waals surface area contributed by atoms with Crippen molar-refractivity contribution in [3.05, 3.63) is 35.0 Å². The SMILES string of the molecule is CNCc1c(C)cc(C)nc1N1CC=CCC1. The van der Waals surface area contributed by atoms with E-state index in [1.165, 1.54) is 11.1 Å². The minimum absolute atomic E-state index is 0.884. The molecular formula is C14H21N3. The lowest BCUT2D eigenvalue weighted by molar-refractivity contribution is 0.761. The molecule has 1 N–H and O–H groups in total. The summed E-state index contributed by atoms with van der Waals surface area (Å²) in [7, 11) is 1.99. The Morgan fingerprint density at radius 3 is 2.82 bits per heavy atom. The van der Waals surface area contributed by atoms with Crippen LogP contribution in [0.4, 0.5) is 5.82 Å². The molecule has 1 aliphatic heterocycles. The summed E-state index contributed by atoms with van der Waals surface area (Å²) in [6.45, 7) is 7.18. The van der Waals surface area contributed by atoms with Gasteiger partial charge in [0.2, 0.25) is 0 Å². The summed E-state index contributed by atoms with van der Waals surface area (Å²) < 4.78 is 0. The molecule has 0 spiro atoms. The molecule has 0 saturated carbocycles. The minimum atomic E-state index is 0.884. The van der Waals surface area contributed by atoms with Gasteiger partial charge in [0.05, 0.1) is 0 Å². The molecule has 0 fully saturated rings. The number of hydrogen-bond acceptors (Lipinski definition) is 3. The third-order valence-electron chi connectivity index (χ3n) is 3.16. The molecular weight excluding hydrogens is 210 g/mol. The third-order valence-corrected chi connectivity index (χ3v) is 3.16. The Labute approximate surface area is 104 Å². The van der Waals surface area contributed by atoms with E-state index in [4.69, 9.17) is 4.98 Å². The van der Waals surface area contributed by atoms with Crippen molar-refractivity contribution < 1.29 is 0 Å². The Balaban J connectivity index is 2.38. The van der Waals surface area contributed by atoms with Crippen LogP contribution in [0, 0.1) is 13.8 Å². The molecule has 0 aromatic carbocycles. The van der Waals surface area contributed by atoms with Crippen LogP contribution in [0.5, 0.6) is 0 Å². The maximum atomic E-state index is 4.73. The highest BCUT2D eigenvalue weighted by molar-refractivity contribution is 5.52. The van der Waals surface area contributed by atoms with Crippen LogP contribution in [0.25, 0.3) is 0 Å². The van der Waals surface area contributed by atoms with Crippen LogP contribution >= 0.6 is 0 Å². The van der Waals surface area contributed by atoms with E-state index in [-0.39, 0.29) is 0 Å². The third kappa shape index (κ3) is 2.67. The van der Waals surface area contributed by atoms with E-state index in [2.05, 4.69) is 42.3 Å². The summed E-state index contributed by atoms with van der Waals surface area (Å²) in [6.07, 6.45) is 5.59. The number of aryl methyl sites for hydroxylation is 2. The number of anilines is 1. The predicted molar refractivity (Wildman–Crippen MR) is 72.4 cm³/mol. The van der Waals surface area contributed by atoms with Crippen LogP contribution in [-0.4, -0.2) is 25.1 Å². The normalized spacial score (nSPS) is 15.4. The first-order valence-corrected chi connectivity index (χ1v) is 6.24. The predicted octanol–water partition coefficient (Wildman–Crippen LogP) is 2.18. The first-order chi connectivity index (χ1) is 8.22. The van der Waals surface area contributed by atoms with Crippen molar-refractivity contribution in [3.8, 4) is 0 Å². The van der Waals surface area contributed by atoms with Gasteiger partial charge in [-0.3, -0.25) is 0 Å². The number of nitrogens with one attached hydrogen (secondary N) is 1. The number of pyridine rings is 1. The summed E-state index contributed by atoms with van der Waals surface area (Å²) in [5.74, 6) is 1.15. The molecule has 2 heterocycles. The lowest BCUT2D eigenvalue weighted by atomic mass is 10.1. The average molecular weight is 231 g/mol. The van der Waals surface area contributed by atoms with E-state index in [1.807, 2.05) is 7.05 Å². The molecule has 0 saturated heterocycles. The van der Waals surface area contributed by atoms with Crippen molar-refractivity contribution in [2.75, 3.05) is 25.0 Å². The van der Waals surface area contributed by atoms with Gasteiger partial charge in [-0.15, -0.1) is 0 Å². The second-order valence-electron chi connectivity index (χ2n) is 4.62. The van der Waals surface area contributed by atoms with Crippen molar-refractivity contribution >= 4 is 5.82 Å². The molecule has 0 unspecified atom stereocenters. The summed E-state index contributed by atoms with van der Waals surface area (Å²) >= 11 is 0. The highest BCUT2D eigenvalue weighted by Gasteiger charge is 2.15. The van der Waals surface area contributed by atoms with Gasteiger partial charge in [0, 0.05) is 30.9 Å². The molecule has 1 aromatic rings. The first kappa shape index (κ1) is 12.1. The van der Waals surface area contributed by atoms with Crippen molar-refractivity contribution in [2.45, 2.75) is 26.8 Å². The molecule has 0 radical (unpaired) electrons. The van der Waals surface area contributed by atoms with Crippen molar-refractivity contribution in [1.82, 2.24) is 10.3 Å². The van der Waals surface area contributed by atoms with Crippen molar-refractivity contribution in [1.29, 1.82) is 0 Å². The second kappa shape index (κ2) is 5.32. The summed E-state index contributed by atoms with van der Waals surface area (Å²) in [5.41, 5.74) is 3.76. The Morgan fingerprint density at radius 2 is 2.18 bits per heavy atom. The lowest BCUT2D eigenvalue weighted by Gasteiger charge is -2.28. The highest BCUT2D eigenvalue weighted by atomic mass is 15.2. The van der Waals surface area contributed by atoms with Crippen LogP contribution in [0.1, 0.15) is 23.2 Å². The quantitative estimate of drug-likeness (QED) is 0.808. The standard InChI is InChI=1S/C14H21N3/c1-11-9-12(2)16-14(13(11)10-15-3)17-7-5-4-6-8-17/h4-5,9,15H,6-8,10H2,1-3H3. The topological polar surface area (TPSA) is 28.2 Å². The smallest absolute Gasteiger partial charge is 0.133 e. The highest BCUT2D eigenvalue weighted by Crippen LogP contribution is 2.23. The van der Waals surface area contributed by atoms with E-state index in [0.29, 0.717) is 0 Å². The van der Waals surface area contributed by atoms with Gasteiger partial charge in [-0.05, 0) is 38.9 Å². The Morgan fingerprint density at radius 1 is 1.35 bits per heavy atom. The minimum Gasteiger partial charge on any atom is -0.352 e. The molecule has 0 bridgehead atoms. The fraction of sp³-hybridized carbons (Fsp3) is 0.500. The lowest BCUT2D eigenvalue weighted by Crippen LogP contribution is -2.30. The van der Waals surface area contributed by atoms with Gasteiger partial charge in [0.1, 0.15) is 5.82 Å². The summed E-state index contributed by atoms with van der Waals surface area (Å²) in [5, 5.41) is 3.24. The van der Waals surface area contributed by atoms with E-state index < -0.39 is 0 Å². The van der Waals surface area contributed by atoms with E-state index >= 15 is 0 Å². The largest absolute Gasteiger partial charge is 0.352 e. The van der Waals surface area contributed by atoms with Crippen LogP contribution in [0.2, 0.25) is 0 Å². The first-order valence-electron chi connectivity index (χ1n) is 6.24. The maximum absolute atomic E-state index is 4.73. The average Bonchev–Trinajstić information content (AvgIpc) is 2.33. The van der Waals surface area contributed by atoms with Crippen LogP contribution in [-0.2, 0) is 6.54 Å². The van der Waals surface area contributed by atoms with Crippen molar-refractivity contribution in [2.24, 2.45) is 0 Å². The van der Waals surface area contributed by atoms with E-state index in [1.54, 1.807) is 0 Å². The molecule has 2 rings (SSSR count). The zero-order valence-electron chi connectivity index (χ0n) is 11.0. The summed E-state index contributed by atoms with van der Waals surface area (Å²) in [6, 6.07) is 2.16. The van der Waals surface area contributed by atoms with Gasteiger partial charge in [0.25, 0.3) is 0 Å². The molecule has 0 atom stereocenters. The molecule has 1 aliphatic rings. The zero-order chi connectivity index (χ0) is 12.3. The van der Waals surface area contributed by atoms with Gasteiger partial charge in [-0.2, -0.15) is 0 Å². The van der Waals surface area contributed by atoms with Gasteiger partial charge in [0.15, 0.2) is 0 Å². The number of aromatic nitrogens is 1. The van der Waals surface area contributed by atoms with E-state index in [9.17, 15) is 0 Å². The van der Waals surface area contributed by atoms with Crippen LogP contribution in [0.15, 0.2) is 18.2 Å². The van der Waals surface area contributed by atoms with Gasteiger partial charge < -0.3 is 10.2 Å². The van der Waals surface area contributed by atoms with Crippen molar-refractivity contribution in [3.63, 3.8) is 0 Å².